The maximum absolute atomic E-state index is 13.3. The van der Waals surface area contributed by atoms with Crippen LogP contribution in [-0.2, 0) is 4.79 Å². The fourth-order valence-corrected chi connectivity index (χ4v) is 1.64. The summed E-state index contributed by atoms with van der Waals surface area (Å²) in [5.41, 5.74) is -0.871. The Bertz CT molecular complexity index is 512. The van der Waals surface area contributed by atoms with Crippen LogP contribution in [0.1, 0.15) is 27.2 Å². The Morgan fingerprint density at radius 2 is 2.05 bits per heavy atom. The molecule has 1 aromatic carbocycles. The van der Waals surface area contributed by atoms with E-state index in [4.69, 9.17) is 0 Å². The lowest BCUT2D eigenvalue weighted by Gasteiger charge is -2.20. The predicted octanol–water partition coefficient (Wildman–Crippen LogP) is 2.45. The van der Waals surface area contributed by atoms with Crippen LogP contribution in [0, 0.1) is 15.9 Å². The van der Waals surface area contributed by atoms with Crippen molar-refractivity contribution in [3.63, 3.8) is 0 Å². The van der Waals surface area contributed by atoms with E-state index >= 15 is 0 Å². The van der Waals surface area contributed by atoms with Crippen LogP contribution in [0.4, 0.5) is 15.8 Å². The third-order valence-corrected chi connectivity index (χ3v) is 2.35. The summed E-state index contributed by atoms with van der Waals surface area (Å²) in [6, 6.07) is 3.80. The van der Waals surface area contributed by atoms with Gasteiger partial charge in [-0.3, -0.25) is 14.9 Å². The Kier molecular flexibility index (Phi) is 5.01. The number of anilines is 1. The van der Waals surface area contributed by atoms with Crippen LogP contribution >= 0.6 is 0 Å². The van der Waals surface area contributed by atoms with Crippen LogP contribution in [-0.4, -0.2) is 22.9 Å². The van der Waals surface area contributed by atoms with Gasteiger partial charge in [-0.25, -0.2) is 0 Å². The number of hydrogen-bond donors (Lipinski definition) is 2. The van der Waals surface area contributed by atoms with Crippen molar-refractivity contribution in [3.8, 4) is 0 Å². The molecule has 0 aliphatic rings. The van der Waals surface area contributed by atoms with Gasteiger partial charge < -0.3 is 10.6 Å². The van der Waals surface area contributed by atoms with Crippen LogP contribution in [0.5, 0.6) is 0 Å². The minimum absolute atomic E-state index is 0.0681. The topological polar surface area (TPSA) is 84.3 Å². The van der Waals surface area contributed by atoms with Gasteiger partial charge in [0.05, 0.1) is 4.92 Å². The standard InChI is InChI=1S/C13H18FN3O3/c1-13(2,3)16-11(18)7-8-15-10-6-4-5-9(14)12(10)17(19)20/h4-6,15H,7-8H2,1-3H3,(H,16,18). The molecule has 0 aromatic heterocycles. The Balaban J connectivity index is 2.61. The summed E-state index contributed by atoms with van der Waals surface area (Å²) in [5.74, 6) is -1.08. The van der Waals surface area contributed by atoms with E-state index in [1.54, 1.807) is 0 Å². The maximum atomic E-state index is 13.3. The average Bonchev–Trinajstić information content (AvgIpc) is 2.25. The number of nitro groups is 1. The number of rotatable bonds is 5. The Morgan fingerprint density at radius 1 is 1.40 bits per heavy atom. The zero-order chi connectivity index (χ0) is 15.3. The highest BCUT2D eigenvalue weighted by Crippen LogP contribution is 2.26. The van der Waals surface area contributed by atoms with Gasteiger partial charge in [-0.1, -0.05) is 6.07 Å². The molecule has 0 atom stereocenters. The molecule has 0 saturated heterocycles. The Labute approximate surface area is 116 Å². The highest BCUT2D eigenvalue weighted by molar-refractivity contribution is 5.77. The van der Waals surface area contributed by atoms with Gasteiger partial charge in [0.1, 0.15) is 5.69 Å². The minimum Gasteiger partial charge on any atom is -0.379 e. The maximum Gasteiger partial charge on any atom is 0.327 e. The van der Waals surface area contributed by atoms with Gasteiger partial charge in [0, 0.05) is 18.5 Å². The number of carbonyl (C=O) groups is 1. The summed E-state index contributed by atoms with van der Waals surface area (Å²) in [6.07, 6.45) is 0.144. The molecule has 20 heavy (non-hydrogen) atoms. The van der Waals surface area contributed by atoms with E-state index in [0.29, 0.717) is 0 Å². The lowest BCUT2D eigenvalue weighted by atomic mass is 10.1. The molecule has 2 N–H and O–H groups in total. The fourth-order valence-electron chi connectivity index (χ4n) is 1.64. The van der Waals surface area contributed by atoms with Gasteiger partial charge in [-0.2, -0.15) is 4.39 Å². The Morgan fingerprint density at radius 3 is 2.60 bits per heavy atom. The second-order valence-electron chi connectivity index (χ2n) is 5.37. The quantitative estimate of drug-likeness (QED) is 0.642. The molecule has 0 unspecified atom stereocenters. The average molecular weight is 283 g/mol. The molecule has 0 radical (unpaired) electrons. The van der Waals surface area contributed by atoms with Crippen LogP contribution in [0.25, 0.3) is 0 Å². The minimum atomic E-state index is -0.904. The van der Waals surface area contributed by atoms with Crippen molar-refractivity contribution in [3.05, 3.63) is 34.1 Å². The highest BCUT2D eigenvalue weighted by Gasteiger charge is 2.20. The van der Waals surface area contributed by atoms with Crippen molar-refractivity contribution in [2.75, 3.05) is 11.9 Å². The van der Waals surface area contributed by atoms with E-state index in [-0.39, 0.29) is 30.1 Å². The van der Waals surface area contributed by atoms with Crippen LogP contribution in [0.2, 0.25) is 0 Å². The zero-order valence-electron chi connectivity index (χ0n) is 11.7. The van der Waals surface area contributed by atoms with E-state index in [1.807, 2.05) is 20.8 Å². The van der Waals surface area contributed by atoms with E-state index in [1.165, 1.54) is 12.1 Å². The first-order valence-electron chi connectivity index (χ1n) is 6.18. The molecule has 1 rings (SSSR count). The Hall–Kier alpha value is -2.18. The summed E-state index contributed by atoms with van der Waals surface area (Å²) in [7, 11) is 0. The van der Waals surface area contributed by atoms with Gasteiger partial charge in [-0.05, 0) is 32.9 Å². The number of nitrogens with zero attached hydrogens (tertiary/aromatic N) is 1. The first kappa shape index (κ1) is 15.9. The molecule has 0 aliphatic heterocycles. The number of halogens is 1. The highest BCUT2D eigenvalue weighted by atomic mass is 19.1. The summed E-state index contributed by atoms with van der Waals surface area (Å²) in [4.78, 5) is 21.6. The number of carbonyl (C=O) groups excluding carboxylic acids is 1. The van der Waals surface area contributed by atoms with E-state index in [2.05, 4.69) is 10.6 Å². The first-order chi connectivity index (χ1) is 9.20. The van der Waals surface area contributed by atoms with Gasteiger partial charge >= 0.3 is 5.69 Å². The largest absolute Gasteiger partial charge is 0.379 e. The molecule has 6 nitrogen and oxygen atoms in total. The van der Waals surface area contributed by atoms with Crippen molar-refractivity contribution in [1.29, 1.82) is 0 Å². The third-order valence-electron chi connectivity index (χ3n) is 2.35. The van der Waals surface area contributed by atoms with Crippen LogP contribution < -0.4 is 10.6 Å². The second-order valence-corrected chi connectivity index (χ2v) is 5.37. The van der Waals surface area contributed by atoms with E-state index < -0.39 is 16.4 Å². The molecule has 110 valence electrons. The number of para-hydroxylation sites is 1. The number of nitro benzene ring substituents is 1. The van der Waals surface area contributed by atoms with Crippen molar-refractivity contribution >= 4 is 17.3 Å². The van der Waals surface area contributed by atoms with Crippen molar-refractivity contribution in [2.24, 2.45) is 0 Å². The molecule has 0 saturated carbocycles. The molecule has 0 spiro atoms. The van der Waals surface area contributed by atoms with Crippen molar-refractivity contribution in [2.45, 2.75) is 32.7 Å². The number of amides is 1. The number of nitrogens with one attached hydrogen (secondary N) is 2. The number of benzene rings is 1. The van der Waals surface area contributed by atoms with Gasteiger partial charge in [-0.15, -0.1) is 0 Å². The molecular formula is C13H18FN3O3. The molecule has 1 amide bonds. The SMILES string of the molecule is CC(C)(C)NC(=O)CCNc1cccc(F)c1[N+](=O)[O-]. The lowest BCUT2D eigenvalue weighted by Crippen LogP contribution is -2.41. The van der Waals surface area contributed by atoms with E-state index in [9.17, 15) is 19.3 Å². The van der Waals surface area contributed by atoms with Crippen molar-refractivity contribution < 1.29 is 14.1 Å². The monoisotopic (exact) mass is 283 g/mol. The molecular weight excluding hydrogens is 265 g/mol. The lowest BCUT2D eigenvalue weighted by molar-refractivity contribution is -0.386. The molecule has 0 heterocycles. The fraction of sp³-hybridized carbons (Fsp3) is 0.462. The molecule has 7 heteroatoms. The summed E-state index contributed by atoms with van der Waals surface area (Å²) >= 11 is 0. The van der Waals surface area contributed by atoms with E-state index in [0.717, 1.165) is 6.07 Å². The van der Waals surface area contributed by atoms with Gasteiger partial charge in [0.15, 0.2) is 0 Å². The summed E-state index contributed by atoms with van der Waals surface area (Å²) in [5, 5.41) is 16.3. The van der Waals surface area contributed by atoms with Crippen LogP contribution in [0.3, 0.4) is 0 Å². The predicted molar refractivity (Wildman–Crippen MR) is 74.1 cm³/mol. The normalized spacial score (nSPS) is 11.0. The van der Waals surface area contributed by atoms with Crippen LogP contribution in [0.15, 0.2) is 18.2 Å². The molecule has 0 aliphatic carbocycles. The smallest absolute Gasteiger partial charge is 0.327 e. The van der Waals surface area contributed by atoms with Gasteiger partial charge in [0.25, 0.3) is 0 Å². The first-order valence-corrected chi connectivity index (χ1v) is 6.18. The van der Waals surface area contributed by atoms with Gasteiger partial charge in [0.2, 0.25) is 11.7 Å². The summed E-state index contributed by atoms with van der Waals surface area (Å²) < 4.78 is 13.3. The summed E-state index contributed by atoms with van der Waals surface area (Å²) in [6.45, 7) is 5.76. The third kappa shape index (κ3) is 4.83. The number of hydrogen-bond acceptors (Lipinski definition) is 4. The molecule has 0 bridgehead atoms. The molecule has 1 aromatic rings. The zero-order valence-corrected chi connectivity index (χ0v) is 11.7. The molecule has 0 fully saturated rings. The van der Waals surface area contributed by atoms with Crippen molar-refractivity contribution in [1.82, 2.24) is 5.32 Å². The second kappa shape index (κ2) is 6.31.